The molecule has 0 saturated carbocycles. The minimum absolute atomic E-state index is 0.928. The Balaban J connectivity index is 3.82. The van der Waals surface area contributed by atoms with E-state index in [1.807, 2.05) is 19.0 Å². The smallest absolute Gasteiger partial charge is 0.193 e. The fourth-order valence-corrected chi connectivity index (χ4v) is 0.857. The minimum Gasteiger partial charge on any atom is -0.357 e. The lowest BCUT2D eigenvalue weighted by molar-refractivity contribution is 0.581. The Labute approximate surface area is 75.9 Å². The maximum atomic E-state index is 4.43. The lowest BCUT2D eigenvalue weighted by atomic mass is 10.3. The molecule has 0 fully saturated rings. The second-order valence-electron chi connectivity index (χ2n) is 2.98. The summed E-state index contributed by atoms with van der Waals surface area (Å²) in [5.74, 6) is 0.992. The van der Waals surface area contributed by atoms with Crippen LogP contribution in [0, 0.1) is 0 Å². The molecule has 3 heteroatoms. The number of hydrogen-bond acceptors (Lipinski definition) is 1. The fraction of sp³-hybridized carbons (Fsp3) is 0.889. The molecular weight excluding hydrogens is 150 g/mol. The highest BCUT2D eigenvalue weighted by atomic mass is 15.3. The zero-order valence-electron chi connectivity index (χ0n) is 8.72. The summed E-state index contributed by atoms with van der Waals surface area (Å²) in [7, 11) is 4.01. The van der Waals surface area contributed by atoms with Crippen LogP contribution in [0.5, 0.6) is 0 Å². The molecule has 0 bridgehead atoms. The lowest BCUT2D eigenvalue weighted by Crippen LogP contribution is -2.36. The van der Waals surface area contributed by atoms with Gasteiger partial charge in [0.25, 0.3) is 0 Å². The van der Waals surface area contributed by atoms with Crippen molar-refractivity contribution < 1.29 is 0 Å². The Hall–Kier alpha value is -0.730. The average Bonchev–Trinajstić information content (AvgIpc) is 2.03. The predicted molar refractivity (Wildman–Crippen MR) is 54.6 cm³/mol. The second kappa shape index (κ2) is 6.95. The zero-order chi connectivity index (χ0) is 9.40. The summed E-state index contributed by atoms with van der Waals surface area (Å²) in [6.07, 6.45) is 2.37. The highest BCUT2D eigenvalue weighted by Crippen LogP contribution is 1.88. The molecule has 0 aromatic rings. The summed E-state index contributed by atoms with van der Waals surface area (Å²) < 4.78 is 0. The molecule has 0 aliphatic carbocycles. The number of hydrogen-bond donors (Lipinski definition) is 1. The average molecular weight is 171 g/mol. The van der Waals surface area contributed by atoms with Crippen molar-refractivity contribution in [1.82, 2.24) is 10.2 Å². The third-order valence-corrected chi connectivity index (χ3v) is 1.53. The molecule has 12 heavy (non-hydrogen) atoms. The quantitative estimate of drug-likeness (QED) is 0.392. The van der Waals surface area contributed by atoms with Crippen molar-refractivity contribution in [1.29, 1.82) is 0 Å². The molecule has 0 saturated heterocycles. The molecule has 0 heterocycles. The Morgan fingerprint density at radius 2 is 2.00 bits per heavy atom. The molecule has 0 aromatic heterocycles. The van der Waals surface area contributed by atoms with Crippen LogP contribution in [0.3, 0.4) is 0 Å². The fourth-order valence-electron chi connectivity index (χ4n) is 0.857. The normalized spacial score (nSPS) is 11.5. The first-order valence-electron chi connectivity index (χ1n) is 4.68. The van der Waals surface area contributed by atoms with Gasteiger partial charge in [-0.25, -0.2) is 0 Å². The van der Waals surface area contributed by atoms with Crippen molar-refractivity contribution in [2.75, 3.05) is 27.2 Å². The first kappa shape index (κ1) is 11.3. The van der Waals surface area contributed by atoms with Crippen LogP contribution in [0.4, 0.5) is 0 Å². The van der Waals surface area contributed by atoms with E-state index in [0.29, 0.717) is 0 Å². The van der Waals surface area contributed by atoms with E-state index in [1.165, 1.54) is 12.8 Å². The summed E-state index contributed by atoms with van der Waals surface area (Å²) in [6.45, 7) is 6.12. The van der Waals surface area contributed by atoms with Crippen molar-refractivity contribution in [2.24, 2.45) is 4.99 Å². The van der Waals surface area contributed by atoms with Crippen molar-refractivity contribution in [3.8, 4) is 0 Å². The number of guanidine groups is 1. The van der Waals surface area contributed by atoms with Gasteiger partial charge in [0.05, 0.1) is 0 Å². The number of nitrogens with zero attached hydrogens (tertiary/aromatic N) is 2. The Bertz CT molecular complexity index is 130. The molecule has 72 valence electrons. The zero-order valence-corrected chi connectivity index (χ0v) is 8.72. The van der Waals surface area contributed by atoms with Crippen LogP contribution in [0.1, 0.15) is 26.7 Å². The van der Waals surface area contributed by atoms with Gasteiger partial charge in [0, 0.05) is 27.2 Å². The molecule has 0 spiro atoms. The van der Waals surface area contributed by atoms with E-state index in [0.717, 1.165) is 19.0 Å². The Kier molecular flexibility index (Phi) is 6.53. The summed E-state index contributed by atoms with van der Waals surface area (Å²) >= 11 is 0. The number of aliphatic imine (C=N–C) groups is 1. The van der Waals surface area contributed by atoms with Crippen molar-refractivity contribution in [3.05, 3.63) is 0 Å². The molecule has 0 rings (SSSR count). The van der Waals surface area contributed by atoms with Crippen molar-refractivity contribution in [3.63, 3.8) is 0 Å². The lowest BCUT2D eigenvalue weighted by Gasteiger charge is -2.16. The summed E-state index contributed by atoms with van der Waals surface area (Å²) in [5.41, 5.74) is 0. The van der Waals surface area contributed by atoms with Gasteiger partial charge in [-0.3, -0.25) is 4.99 Å². The number of rotatable bonds is 4. The summed E-state index contributed by atoms with van der Waals surface area (Å²) in [5, 5.41) is 3.22. The van der Waals surface area contributed by atoms with Gasteiger partial charge in [0.15, 0.2) is 5.96 Å². The van der Waals surface area contributed by atoms with Crippen LogP contribution in [-0.2, 0) is 0 Å². The van der Waals surface area contributed by atoms with Gasteiger partial charge in [-0.1, -0.05) is 13.3 Å². The molecule has 0 aliphatic rings. The number of unbranched alkanes of at least 4 members (excludes halogenated alkanes) is 1. The first-order chi connectivity index (χ1) is 5.72. The molecule has 0 aromatic carbocycles. The van der Waals surface area contributed by atoms with Crippen LogP contribution in [-0.4, -0.2) is 38.0 Å². The summed E-state index contributed by atoms with van der Waals surface area (Å²) in [6, 6.07) is 0. The Morgan fingerprint density at radius 1 is 1.33 bits per heavy atom. The van der Waals surface area contributed by atoms with Crippen LogP contribution in [0.15, 0.2) is 4.99 Å². The minimum atomic E-state index is 0.928. The van der Waals surface area contributed by atoms with E-state index in [2.05, 4.69) is 24.2 Å². The third kappa shape index (κ3) is 4.99. The monoisotopic (exact) mass is 171 g/mol. The van der Waals surface area contributed by atoms with Gasteiger partial charge in [-0.05, 0) is 13.3 Å². The topological polar surface area (TPSA) is 27.6 Å². The molecular formula is C9H21N3. The van der Waals surface area contributed by atoms with Crippen LogP contribution in [0.25, 0.3) is 0 Å². The van der Waals surface area contributed by atoms with Gasteiger partial charge in [-0.2, -0.15) is 0 Å². The highest BCUT2D eigenvalue weighted by Gasteiger charge is 1.96. The van der Waals surface area contributed by atoms with E-state index in [-0.39, 0.29) is 0 Å². The summed E-state index contributed by atoms with van der Waals surface area (Å²) in [4.78, 5) is 6.45. The van der Waals surface area contributed by atoms with E-state index >= 15 is 0 Å². The van der Waals surface area contributed by atoms with Crippen molar-refractivity contribution >= 4 is 5.96 Å². The van der Waals surface area contributed by atoms with E-state index in [9.17, 15) is 0 Å². The predicted octanol–water partition coefficient (Wildman–Crippen LogP) is 1.31. The molecule has 0 atom stereocenters. The Morgan fingerprint density at radius 3 is 2.42 bits per heavy atom. The molecule has 0 radical (unpaired) electrons. The standard InChI is InChI=1S/C9H21N3/c1-5-7-8-11-9(10-6-2)12(3)4/h5-8H2,1-4H3,(H,10,11). The molecule has 0 unspecified atom stereocenters. The van der Waals surface area contributed by atoms with Crippen LogP contribution in [0.2, 0.25) is 0 Å². The maximum absolute atomic E-state index is 4.43. The van der Waals surface area contributed by atoms with E-state index in [4.69, 9.17) is 0 Å². The first-order valence-corrected chi connectivity index (χ1v) is 4.68. The van der Waals surface area contributed by atoms with E-state index < -0.39 is 0 Å². The third-order valence-electron chi connectivity index (χ3n) is 1.53. The van der Waals surface area contributed by atoms with Crippen LogP contribution < -0.4 is 5.32 Å². The molecule has 1 N–H and O–H groups in total. The number of nitrogens with one attached hydrogen (secondary N) is 1. The SMILES string of the molecule is CCCCN=C(NCC)N(C)C. The highest BCUT2D eigenvalue weighted by molar-refractivity contribution is 5.79. The van der Waals surface area contributed by atoms with Gasteiger partial charge < -0.3 is 10.2 Å². The molecule has 0 aliphatic heterocycles. The van der Waals surface area contributed by atoms with E-state index in [1.54, 1.807) is 0 Å². The molecule has 0 amide bonds. The van der Waals surface area contributed by atoms with Crippen molar-refractivity contribution in [2.45, 2.75) is 26.7 Å². The van der Waals surface area contributed by atoms with Gasteiger partial charge in [0.2, 0.25) is 0 Å². The van der Waals surface area contributed by atoms with Gasteiger partial charge in [0.1, 0.15) is 0 Å². The molecule has 3 nitrogen and oxygen atoms in total. The second-order valence-corrected chi connectivity index (χ2v) is 2.98. The van der Waals surface area contributed by atoms with Crippen LogP contribution >= 0.6 is 0 Å². The van der Waals surface area contributed by atoms with Gasteiger partial charge >= 0.3 is 0 Å². The van der Waals surface area contributed by atoms with Gasteiger partial charge in [-0.15, -0.1) is 0 Å². The largest absolute Gasteiger partial charge is 0.357 e. The maximum Gasteiger partial charge on any atom is 0.193 e.